The van der Waals surface area contributed by atoms with Crippen LogP contribution in [0.1, 0.15) is 47.5 Å². The second-order valence-electron chi connectivity index (χ2n) is 14.1. The maximum atomic E-state index is 14.4. The topological polar surface area (TPSA) is 156 Å². The van der Waals surface area contributed by atoms with Crippen molar-refractivity contribution in [3.8, 4) is 22.8 Å². The smallest absolute Gasteiger partial charge is 0.408 e. The molecule has 0 bridgehead atoms. The summed E-state index contributed by atoms with van der Waals surface area (Å²) < 4.78 is 16.0. The number of halogens is 1. The van der Waals surface area contributed by atoms with Crippen molar-refractivity contribution in [1.82, 2.24) is 20.5 Å². The molecule has 1 aliphatic heterocycles. The summed E-state index contributed by atoms with van der Waals surface area (Å²) in [6.07, 6.45) is 0.232. The Balaban J connectivity index is 1.53. The minimum Gasteiger partial charge on any atom is -0.497 e. The van der Waals surface area contributed by atoms with Gasteiger partial charge in [-0.3, -0.25) is 9.59 Å². The first-order valence-electron chi connectivity index (χ1n) is 16.4. The van der Waals surface area contributed by atoms with E-state index in [9.17, 15) is 24.3 Å². The molecule has 0 radical (unpaired) electrons. The van der Waals surface area contributed by atoms with Crippen LogP contribution >= 0.6 is 22.6 Å². The molecule has 3 N–H and O–H groups in total. The normalized spacial score (nSPS) is 23.6. The molecular weight excluding hydrogens is 755 g/mol. The zero-order valence-corrected chi connectivity index (χ0v) is 31.1. The highest BCUT2D eigenvalue weighted by Gasteiger charge is 2.63. The molecule has 2 aliphatic rings. The summed E-state index contributed by atoms with van der Waals surface area (Å²) in [5, 5.41) is 16.2. The molecule has 266 valence electrons. The molecule has 12 nitrogen and oxygen atoms in total. The average molecular weight is 799 g/mol. The molecule has 2 fully saturated rings. The molecule has 3 aromatic rings. The number of carboxylic acids is 1. The predicted molar refractivity (Wildman–Crippen MR) is 196 cm³/mol. The minimum absolute atomic E-state index is 0.0253. The Morgan fingerprint density at radius 2 is 1.80 bits per heavy atom. The van der Waals surface area contributed by atoms with Gasteiger partial charge in [0.1, 0.15) is 34.8 Å². The third kappa shape index (κ3) is 7.52. The van der Waals surface area contributed by atoms with E-state index in [0.717, 1.165) is 5.56 Å². The van der Waals surface area contributed by atoms with Gasteiger partial charge in [-0.15, -0.1) is 6.58 Å². The van der Waals surface area contributed by atoms with Gasteiger partial charge in [0, 0.05) is 35.4 Å². The SMILES string of the molecule is C=CC1CC1(NC(=O)C1(I)C[C@@H](Oc2cc(-c3ccccc3)nc3cc(OC)ccc23)CN1C(=O)[C@@H](NC(=O)OC(C)(C)C)C(C)C)C(=O)O. The highest BCUT2D eigenvalue weighted by molar-refractivity contribution is 14.1. The van der Waals surface area contributed by atoms with Crippen LogP contribution in [0.15, 0.2) is 67.3 Å². The van der Waals surface area contributed by atoms with Crippen LogP contribution in [0.5, 0.6) is 11.5 Å². The van der Waals surface area contributed by atoms with Gasteiger partial charge in [0.25, 0.3) is 5.91 Å². The lowest BCUT2D eigenvalue weighted by Crippen LogP contribution is -2.61. The second-order valence-corrected chi connectivity index (χ2v) is 15.8. The minimum atomic E-state index is -1.58. The molecule has 1 saturated heterocycles. The molecule has 2 aromatic carbocycles. The van der Waals surface area contributed by atoms with Crippen molar-refractivity contribution in [1.29, 1.82) is 0 Å². The van der Waals surface area contributed by atoms with Gasteiger partial charge in [-0.05, 0) is 67.8 Å². The molecule has 5 rings (SSSR count). The molecule has 3 unspecified atom stereocenters. The van der Waals surface area contributed by atoms with E-state index in [1.54, 1.807) is 47.8 Å². The third-order valence-corrected chi connectivity index (χ3v) is 10.4. The number of fused-ring (bicyclic) bond motifs is 1. The first-order valence-corrected chi connectivity index (χ1v) is 17.5. The Hall–Kier alpha value is -4.40. The lowest BCUT2D eigenvalue weighted by molar-refractivity contribution is -0.146. The summed E-state index contributed by atoms with van der Waals surface area (Å²) in [5.41, 5.74) is -0.191. The molecular formula is C37H43IN4O8. The van der Waals surface area contributed by atoms with Crippen LogP contribution in [0.3, 0.4) is 0 Å². The van der Waals surface area contributed by atoms with Gasteiger partial charge in [0.15, 0.2) is 3.55 Å². The Labute approximate surface area is 305 Å². The number of benzene rings is 2. The van der Waals surface area contributed by atoms with Gasteiger partial charge in [-0.25, -0.2) is 14.6 Å². The van der Waals surface area contributed by atoms with Crippen LogP contribution in [0.4, 0.5) is 4.79 Å². The number of aliphatic carboxylic acids is 1. The molecule has 3 amide bonds. The van der Waals surface area contributed by atoms with Crippen molar-refractivity contribution in [2.45, 2.75) is 74.3 Å². The molecule has 0 spiro atoms. The van der Waals surface area contributed by atoms with E-state index >= 15 is 0 Å². The van der Waals surface area contributed by atoms with Crippen molar-refractivity contribution in [2.75, 3.05) is 13.7 Å². The zero-order chi connectivity index (χ0) is 36.6. The van der Waals surface area contributed by atoms with Gasteiger partial charge in [-0.1, -0.05) is 50.3 Å². The zero-order valence-electron chi connectivity index (χ0n) is 29.0. The molecule has 50 heavy (non-hydrogen) atoms. The van der Waals surface area contributed by atoms with E-state index in [1.165, 1.54) is 11.0 Å². The summed E-state index contributed by atoms with van der Waals surface area (Å²) in [4.78, 5) is 60.1. The number of likely N-dealkylation sites (tertiary alicyclic amines) is 1. The number of carbonyl (C=O) groups is 4. The summed E-state index contributed by atoms with van der Waals surface area (Å²) >= 11 is 1.91. The molecule has 13 heteroatoms. The lowest BCUT2D eigenvalue weighted by atomic mass is 10.0. The van der Waals surface area contributed by atoms with Crippen LogP contribution in [0, 0.1) is 11.8 Å². The van der Waals surface area contributed by atoms with Gasteiger partial charge < -0.3 is 34.9 Å². The van der Waals surface area contributed by atoms with Crippen LogP contribution < -0.4 is 20.1 Å². The fraction of sp³-hybridized carbons (Fsp3) is 0.432. The number of carbonyl (C=O) groups excluding carboxylic acids is 3. The molecule has 1 aromatic heterocycles. The summed E-state index contributed by atoms with van der Waals surface area (Å²) in [6.45, 7) is 12.4. The number of alkyl carbamates (subject to hydrolysis) is 1. The molecule has 5 atom stereocenters. The highest BCUT2D eigenvalue weighted by atomic mass is 127. The summed E-state index contributed by atoms with van der Waals surface area (Å²) in [6, 6.07) is 15.8. The summed E-state index contributed by atoms with van der Waals surface area (Å²) in [5.74, 6) is -2.12. The Bertz CT molecular complexity index is 1810. The van der Waals surface area contributed by atoms with Crippen molar-refractivity contribution < 1.29 is 38.5 Å². The number of rotatable bonds is 11. The van der Waals surface area contributed by atoms with Crippen LogP contribution in [-0.4, -0.2) is 79.4 Å². The Kier molecular flexibility index (Phi) is 10.4. The van der Waals surface area contributed by atoms with E-state index in [-0.39, 0.29) is 25.3 Å². The molecule has 1 aliphatic carbocycles. The van der Waals surface area contributed by atoms with E-state index in [2.05, 4.69) is 17.2 Å². The van der Waals surface area contributed by atoms with Gasteiger partial charge in [-0.2, -0.15) is 0 Å². The maximum absolute atomic E-state index is 14.4. The summed E-state index contributed by atoms with van der Waals surface area (Å²) in [7, 11) is 1.57. The number of nitrogens with zero attached hydrogens (tertiary/aromatic N) is 2. The first kappa shape index (κ1) is 36.9. The van der Waals surface area contributed by atoms with Gasteiger partial charge >= 0.3 is 12.1 Å². The number of alkyl halides is 1. The van der Waals surface area contributed by atoms with Crippen molar-refractivity contribution in [3.63, 3.8) is 0 Å². The van der Waals surface area contributed by atoms with Gasteiger partial charge in [0.05, 0.1) is 24.9 Å². The number of ether oxygens (including phenoxy) is 3. The van der Waals surface area contributed by atoms with Crippen LogP contribution in [-0.2, 0) is 19.1 Å². The van der Waals surface area contributed by atoms with Crippen LogP contribution in [0.25, 0.3) is 22.2 Å². The van der Waals surface area contributed by atoms with E-state index < -0.39 is 56.6 Å². The maximum Gasteiger partial charge on any atom is 0.408 e. The Morgan fingerprint density at radius 1 is 1.10 bits per heavy atom. The average Bonchev–Trinajstić information content (AvgIpc) is 3.68. The molecule has 2 heterocycles. The highest BCUT2D eigenvalue weighted by Crippen LogP contribution is 2.47. The standard InChI is InChI=1S/C37H43IN4O8/c1-8-23-18-36(23,33(45)46)41-32(44)37(38)19-25(20-42(37)31(43)30(21(2)3)40-34(47)50-35(4,5)6)49-29-17-27(22-12-10-9-11-13-22)39-28-16-24(48-7)14-15-26(28)29/h8-17,21,23,25,30H,1,18-20H2,2-7H3,(H,40,47)(H,41,44)(H,45,46)/t23?,25-,30+,36?,37?/m1/s1. The monoisotopic (exact) mass is 798 g/mol. The van der Waals surface area contributed by atoms with Crippen molar-refractivity contribution in [2.24, 2.45) is 11.8 Å². The fourth-order valence-electron chi connectivity index (χ4n) is 6.15. The number of nitrogens with one attached hydrogen (secondary N) is 2. The van der Waals surface area contributed by atoms with Crippen LogP contribution in [0.2, 0.25) is 0 Å². The molecule has 1 saturated carbocycles. The number of methoxy groups -OCH3 is 1. The number of aromatic nitrogens is 1. The number of amides is 3. The Morgan fingerprint density at radius 3 is 2.38 bits per heavy atom. The number of hydrogen-bond donors (Lipinski definition) is 3. The third-order valence-electron chi connectivity index (χ3n) is 8.89. The number of pyridine rings is 1. The van der Waals surface area contributed by atoms with Gasteiger partial charge in [0.2, 0.25) is 5.91 Å². The number of carboxylic acid groups (broad SMARTS) is 1. The van der Waals surface area contributed by atoms with E-state index in [1.807, 2.05) is 71.1 Å². The van der Waals surface area contributed by atoms with E-state index in [0.29, 0.717) is 28.1 Å². The fourth-order valence-corrected chi connectivity index (χ4v) is 7.21. The quantitative estimate of drug-likeness (QED) is 0.0957. The predicted octanol–water partition coefficient (Wildman–Crippen LogP) is 5.72. The van der Waals surface area contributed by atoms with Crippen molar-refractivity contribution >= 4 is 57.4 Å². The largest absolute Gasteiger partial charge is 0.497 e. The van der Waals surface area contributed by atoms with E-state index in [4.69, 9.17) is 19.2 Å². The van der Waals surface area contributed by atoms with Crippen molar-refractivity contribution in [3.05, 3.63) is 67.3 Å². The lowest BCUT2D eigenvalue weighted by Gasteiger charge is -2.36. The first-order chi connectivity index (χ1) is 23.5. The second kappa shape index (κ2) is 14.1. The number of hydrogen-bond acceptors (Lipinski definition) is 8.